The SMILES string of the molecule is Cc1ccc(N(C)Cc2csc(C)n2)c(C#N)c1. The lowest BCUT2D eigenvalue weighted by molar-refractivity contribution is 0.888. The number of hydrogen-bond acceptors (Lipinski definition) is 4. The van der Waals surface area contributed by atoms with E-state index < -0.39 is 0 Å². The van der Waals surface area contributed by atoms with Gasteiger partial charge in [-0.25, -0.2) is 4.98 Å². The summed E-state index contributed by atoms with van der Waals surface area (Å²) in [5, 5.41) is 12.3. The molecule has 18 heavy (non-hydrogen) atoms. The highest BCUT2D eigenvalue weighted by Crippen LogP contribution is 2.22. The number of nitrogens with zero attached hydrogens (tertiary/aromatic N) is 3. The van der Waals surface area contributed by atoms with Gasteiger partial charge in [-0.05, 0) is 31.5 Å². The van der Waals surface area contributed by atoms with Crippen LogP contribution in [0.5, 0.6) is 0 Å². The van der Waals surface area contributed by atoms with E-state index in [1.807, 2.05) is 39.1 Å². The monoisotopic (exact) mass is 257 g/mol. The van der Waals surface area contributed by atoms with Crippen LogP contribution >= 0.6 is 11.3 Å². The molecule has 0 spiro atoms. The second-order valence-electron chi connectivity index (χ2n) is 4.35. The number of aromatic nitrogens is 1. The Morgan fingerprint density at radius 1 is 1.39 bits per heavy atom. The van der Waals surface area contributed by atoms with E-state index in [0.29, 0.717) is 5.56 Å². The Balaban J connectivity index is 2.24. The van der Waals surface area contributed by atoms with E-state index in [9.17, 15) is 5.26 Å². The zero-order valence-electron chi connectivity index (χ0n) is 10.8. The zero-order valence-corrected chi connectivity index (χ0v) is 11.6. The highest BCUT2D eigenvalue weighted by Gasteiger charge is 2.09. The van der Waals surface area contributed by atoms with Crippen molar-refractivity contribution in [2.75, 3.05) is 11.9 Å². The Morgan fingerprint density at radius 3 is 2.78 bits per heavy atom. The third-order valence-electron chi connectivity index (χ3n) is 2.75. The third kappa shape index (κ3) is 2.69. The van der Waals surface area contributed by atoms with Gasteiger partial charge in [-0.15, -0.1) is 11.3 Å². The van der Waals surface area contributed by atoms with Crippen molar-refractivity contribution in [1.29, 1.82) is 5.26 Å². The molecular formula is C14H15N3S. The number of anilines is 1. The van der Waals surface area contributed by atoms with E-state index in [1.54, 1.807) is 11.3 Å². The van der Waals surface area contributed by atoms with Gasteiger partial charge in [0, 0.05) is 12.4 Å². The molecular weight excluding hydrogens is 242 g/mol. The van der Waals surface area contributed by atoms with Crippen LogP contribution in [0.3, 0.4) is 0 Å². The maximum atomic E-state index is 9.17. The van der Waals surface area contributed by atoms with E-state index in [0.717, 1.165) is 28.5 Å². The fourth-order valence-electron chi connectivity index (χ4n) is 1.88. The highest BCUT2D eigenvalue weighted by molar-refractivity contribution is 7.09. The number of thiazole rings is 1. The number of benzene rings is 1. The predicted octanol–water partition coefficient (Wildman–Crippen LogP) is 3.27. The quantitative estimate of drug-likeness (QED) is 0.847. The van der Waals surface area contributed by atoms with Gasteiger partial charge in [0.25, 0.3) is 0 Å². The molecule has 0 unspecified atom stereocenters. The van der Waals surface area contributed by atoms with Gasteiger partial charge >= 0.3 is 0 Å². The van der Waals surface area contributed by atoms with E-state index in [4.69, 9.17) is 0 Å². The second-order valence-corrected chi connectivity index (χ2v) is 5.41. The Morgan fingerprint density at radius 2 is 2.17 bits per heavy atom. The number of nitriles is 1. The molecule has 0 atom stereocenters. The summed E-state index contributed by atoms with van der Waals surface area (Å²) in [5.41, 5.74) is 3.82. The normalized spacial score (nSPS) is 10.1. The van der Waals surface area contributed by atoms with Crippen molar-refractivity contribution < 1.29 is 0 Å². The minimum absolute atomic E-state index is 0.712. The number of rotatable bonds is 3. The smallest absolute Gasteiger partial charge is 0.101 e. The predicted molar refractivity (Wildman–Crippen MR) is 74.9 cm³/mol. The Hall–Kier alpha value is -1.86. The van der Waals surface area contributed by atoms with Crippen LogP contribution in [0, 0.1) is 25.2 Å². The topological polar surface area (TPSA) is 39.9 Å². The minimum atomic E-state index is 0.712. The lowest BCUT2D eigenvalue weighted by atomic mass is 10.1. The molecule has 0 aliphatic heterocycles. The summed E-state index contributed by atoms with van der Waals surface area (Å²) >= 11 is 1.65. The first-order valence-corrected chi connectivity index (χ1v) is 6.61. The average Bonchev–Trinajstić information content (AvgIpc) is 2.74. The van der Waals surface area contributed by atoms with Crippen LogP contribution in [0.25, 0.3) is 0 Å². The maximum Gasteiger partial charge on any atom is 0.101 e. The van der Waals surface area contributed by atoms with Crippen molar-refractivity contribution >= 4 is 17.0 Å². The average molecular weight is 257 g/mol. The molecule has 0 aliphatic rings. The fourth-order valence-corrected chi connectivity index (χ4v) is 2.49. The fraction of sp³-hybridized carbons (Fsp3) is 0.286. The standard InChI is InChI=1S/C14H15N3S/c1-10-4-5-14(12(6-10)7-15)17(3)8-13-9-18-11(2)16-13/h4-6,9H,8H2,1-3H3. The van der Waals surface area contributed by atoms with Crippen LogP contribution in [0.1, 0.15) is 21.8 Å². The molecule has 0 bridgehead atoms. The van der Waals surface area contributed by atoms with Crippen molar-refractivity contribution in [3.63, 3.8) is 0 Å². The van der Waals surface area contributed by atoms with Crippen LogP contribution < -0.4 is 4.90 Å². The van der Waals surface area contributed by atoms with Crippen molar-refractivity contribution in [3.05, 3.63) is 45.4 Å². The molecule has 0 aliphatic carbocycles. The molecule has 1 heterocycles. The molecule has 1 aromatic heterocycles. The summed E-state index contributed by atoms with van der Waals surface area (Å²) in [6.07, 6.45) is 0. The van der Waals surface area contributed by atoms with Crippen LogP contribution in [-0.4, -0.2) is 12.0 Å². The van der Waals surface area contributed by atoms with Gasteiger partial charge in [-0.2, -0.15) is 5.26 Å². The summed E-state index contributed by atoms with van der Waals surface area (Å²) < 4.78 is 0. The van der Waals surface area contributed by atoms with Gasteiger partial charge in [0.05, 0.1) is 28.5 Å². The van der Waals surface area contributed by atoms with Crippen molar-refractivity contribution in [2.24, 2.45) is 0 Å². The van der Waals surface area contributed by atoms with Gasteiger partial charge < -0.3 is 4.90 Å². The molecule has 2 aromatic rings. The van der Waals surface area contributed by atoms with Crippen molar-refractivity contribution in [1.82, 2.24) is 4.98 Å². The molecule has 0 radical (unpaired) electrons. The molecule has 0 saturated carbocycles. The molecule has 92 valence electrons. The van der Waals surface area contributed by atoms with E-state index in [2.05, 4.69) is 21.3 Å². The summed E-state index contributed by atoms with van der Waals surface area (Å²) in [5.74, 6) is 0. The van der Waals surface area contributed by atoms with Crippen molar-refractivity contribution in [3.8, 4) is 6.07 Å². The molecule has 0 fully saturated rings. The number of aryl methyl sites for hydroxylation is 2. The Bertz CT molecular complexity index is 595. The summed E-state index contributed by atoms with van der Waals surface area (Å²) in [7, 11) is 1.99. The minimum Gasteiger partial charge on any atom is -0.368 e. The van der Waals surface area contributed by atoms with Gasteiger partial charge in [-0.3, -0.25) is 0 Å². The van der Waals surface area contributed by atoms with E-state index in [-0.39, 0.29) is 0 Å². The van der Waals surface area contributed by atoms with Gasteiger partial charge in [0.1, 0.15) is 6.07 Å². The van der Waals surface area contributed by atoms with Crippen LogP contribution in [0.15, 0.2) is 23.6 Å². The summed E-state index contributed by atoms with van der Waals surface area (Å²) in [6, 6.07) is 8.18. The van der Waals surface area contributed by atoms with Crippen LogP contribution in [0.2, 0.25) is 0 Å². The molecule has 1 aromatic carbocycles. The molecule has 3 nitrogen and oxygen atoms in total. The largest absolute Gasteiger partial charge is 0.368 e. The van der Waals surface area contributed by atoms with E-state index in [1.165, 1.54) is 0 Å². The first kappa shape index (κ1) is 12.6. The maximum absolute atomic E-state index is 9.17. The Labute approximate surface area is 111 Å². The van der Waals surface area contributed by atoms with E-state index >= 15 is 0 Å². The van der Waals surface area contributed by atoms with Gasteiger partial charge in [0.15, 0.2) is 0 Å². The highest BCUT2D eigenvalue weighted by atomic mass is 32.1. The third-order valence-corrected chi connectivity index (χ3v) is 3.57. The lowest BCUT2D eigenvalue weighted by Crippen LogP contribution is -2.17. The molecule has 0 N–H and O–H groups in total. The second kappa shape index (κ2) is 5.19. The Kier molecular flexibility index (Phi) is 3.63. The van der Waals surface area contributed by atoms with Crippen LogP contribution in [0.4, 0.5) is 5.69 Å². The molecule has 2 rings (SSSR count). The summed E-state index contributed by atoms with van der Waals surface area (Å²) in [4.78, 5) is 6.51. The van der Waals surface area contributed by atoms with Crippen molar-refractivity contribution in [2.45, 2.75) is 20.4 Å². The van der Waals surface area contributed by atoms with Gasteiger partial charge in [0.2, 0.25) is 0 Å². The summed E-state index contributed by atoms with van der Waals surface area (Å²) in [6.45, 7) is 4.72. The molecule has 0 amide bonds. The molecule has 0 saturated heterocycles. The number of hydrogen-bond donors (Lipinski definition) is 0. The zero-order chi connectivity index (χ0) is 13.1. The first-order chi connectivity index (χ1) is 8.60. The molecule has 4 heteroatoms. The van der Waals surface area contributed by atoms with Gasteiger partial charge in [-0.1, -0.05) is 6.07 Å². The first-order valence-electron chi connectivity index (χ1n) is 5.73. The van der Waals surface area contributed by atoms with Crippen LogP contribution in [-0.2, 0) is 6.54 Å². The lowest BCUT2D eigenvalue weighted by Gasteiger charge is -2.19.